The fourth-order valence-electron chi connectivity index (χ4n) is 2.03. The van der Waals surface area contributed by atoms with E-state index in [-0.39, 0.29) is 0 Å². The molecule has 0 bridgehead atoms. The molecule has 1 aliphatic heterocycles. The Labute approximate surface area is 87.6 Å². The van der Waals surface area contributed by atoms with Crippen LogP contribution in [0.15, 0.2) is 0 Å². The standard InChI is InChI=1S/C11H24N2O/c1-2-7-13(9-6-12)8-5-11-4-3-10-14-11/h11H,2-10,12H2,1H3. The summed E-state index contributed by atoms with van der Waals surface area (Å²) >= 11 is 0. The van der Waals surface area contributed by atoms with Crippen molar-refractivity contribution in [1.29, 1.82) is 0 Å². The largest absolute Gasteiger partial charge is 0.378 e. The number of nitrogens with two attached hydrogens (primary N) is 1. The van der Waals surface area contributed by atoms with Crippen LogP contribution in [0.1, 0.15) is 32.6 Å². The van der Waals surface area contributed by atoms with Crippen molar-refractivity contribution in [3.8, 4) is 0 Å². The van der Waals surface area contributed by atoms with Crippen LogP contribution in [0.5, 0.6) is 0 Å². The molecule has 1 rings (SSSR count). The molecular weight excluding hydrogens is 176 g/mol. The Hall–Kier alpha value is -0.120. The highest BCUT2D eigenvalue weighted by atomic mass is 16.5. The highest BCUT2D eigenvalue weighted by Gasteiger charge is 2.16. The highest BCUT2D eigenvalue weighted by molar-refractivity contribution is 4.68. The van der Waals surface area contributed by atoms with E-state index in [9.17, 15) is 0 Å². The Morgan fingerprint density at radius 3 is 2.79 bits per heavy atom. The summed E-state index contributed by atoms with van der Waals surface area (Å²) in [4.78, 5) is 2.45. The monoisotopic (exact) mass is 200 g/mol. The zero-order valence-electron chi connectivity index (χ0n) is 9.37. The van der Waals surface area contributed by atoms with Crippen LogP contribution < -0.4 is 5.73 Å². The van der Waals surface area contributed by atoms with Crippen LogP contribution in [0.3, 0.4) is 0 Å². The number of rotatable bonds is 7. The smallest absolute Gasteiger partial charge is 0.0588 e. The lowest BCUT2D eigenvalue weighted by molar-refractivity contribution is 0.0923. The van der Waals surface area contributed by atoms with Gasteiger partial charge < -0.3 is 15.4 Å². The molecule has 14 heavy (non-hydrogen) atoms. The zero-order valence-corrected chi connectivity index (χ0v) is 9.37. The lowest BCUT2D eigenvalue weighted by atomic mass is 10.2. The molecule has 1 unspecified atom stereocenters. The third kappa shape index (κ3) is 4.40. The van der Waals surface area contributed by atoms with E-state index in [0.29, 0.717) is 6.10 Å². The van der Waals surface area contributed by atoms with Gasteiger partial charge in [-0.05, 0) is 32.2 Å². The fourth-order valence-corrected chi connectivity index (χ4v) is 2.03. The van der Waals surface area contributed by atoms with E-state index in [1.54, 1.807) is 0 Å². The number of nitrogens with zero attached hydrogens (tertiary/aromatic N) is 1. The van der Waals surface area contributed by atoms with Gasteiger partial charge in [0.25, 0.3) is 0 Å². The van der Waals surface area contributed by atoms with Crippen LogP contribution >= 0.6 is 0 Å². The van der Waals surface area contributed by atoms with Gasteiger partial charge in [0.1, 0.15) is 0 Å². The lowest BCUT2D eigenvalue weighted by Crippen LogP contribution is -2.32. The van der Waals surface area contributed by atoms with Crippen LogP contribution in [0.2, 0.25) is 0 Å². The van der Waals surface area contributed by atoms with Gasteiger partial charge in [-0.1, -0.05) is 6.92 Å². The van der Waals surface area contributed by atoms with E-state index in [2.05, 4.69) is 11.8 Å². The molecule has 3 nitrogen and oxygen atoms in total. The van der Waals surface area contributed by atoms with Crippen LogP contribution in [0.25, 0.3) is 0 Å². The lowest BCUT2D eigenvalue weighted by Gasteiger charge is -2.22. The van der Waals surface area contributed by atoms with Gasteiger partial charge in [0.15, 0.2) is 0 Å². The molecule has 1 heterocycles. The molecule has 1 atom stereocenters. The van der Waals surface area contributed by atoms with E-state index in [1.807, 2.05) is 0 Å². The Balaban J connectivity index is 2.10. The average molecular weight is 200 g/mol. The predicted molar refractivity (Wildman–Crippen MR) is 59.4 cm³/mol. The number of hydrogen-bond acceptors (Lipinski definition) is 3. The van der Waals surface area contributed by atoms with E-state index >= 15 is 0 Å². The molecule has 1 fully saturated rings. The number of hydrogen-bond donors (Lipinski definition) is 1. The molecule has 84 valence electrons. The predicted octanol–water partition coefficient (Wildman–Crippen LogP) is 1.23. The van der Waals surface area contributed by atoms with E-state index in [0.717, 1.165) is 26.2 Å². The van der Waals surface area contributed by atoms with Crippen molar-refractivity contribution in [2.24, 2.45) is 5.73 Å². The molecule has 0 spiro atoms. The number of ether oxygens (including phenoxy) is 1. The summed E-state index contributed by atoms with van der Waals surface area (Å²) in [7, 11) is 0. The average Bonchev–Trinajstić information content (AvgIpc) is 2.67. The first-order chi connectivity index (χ1) is 6.86. The molecule has 0 aromatic heterocycles. The maximum Gasteiger partial charge on any atom is 0.0588 e. The molecule has 0 aliphatic carbocycles. The zero-order chi connectivity index (χ0) is 10.2. The molecule has 0 radical (unpaired) electrons. The van der Waals surface area contributed by atoms with Gasteiger partial charge >= 0.3 is 0 Å². The molecule has 0 amide bonds. The van der Waals surface area contributed by atoms with Crippen molar-refractivity contribution in [3.05, 3.63) is 0 Å². The van der Waals surface area contributed by atoms with Crippen LogP contribution in [0.4, 0.5) is 0 Å². The van der Waals surface area contributed by atoms with Gasteiger partial charge in [0, 0.05) is 26.2 Å². The third-order valence-electron chi connectivity index (χ3n) is 2.78. The van der Waals surface area contributed by atoms with Gasteiger partial charge in [0.2, 0.25) is 0 Å². The second-order valence-electron chi connectivity index (χ2n) is 4.05. The van der Waals surface area contributed by atoms with Crippen molar-refractivity contribution in [1.82, 2.24) is 4.90 Å². The maximum atomic E-state index is 5.60. The molecule has 1 aliphatic rings. The van der Waals surface area contributed by atoms with Crippen molar-refractivity contribution in [2.45, 2.75) is 38.7 Å². The highest BCUT2D eigenvalue weighted by Crippen LogP contribution is 2.15. The van der Waals surface area contributed by atoms with Gasteiger partial charge in [-0.25, -0.2) is 0 Å². The second kappa shape index (κ2) is 7.21. The second-order valence-corrected chi connectivity index (χ2v) is 4.05. The minimum absolute atomic E-state index is 0.520. The molecule has 2 N–H and O–H groups in total. The summed E-state index contributed by atoms with van der Waals surface area (Å²) in [5.41, 5.74) is 5.57. The Morgan fingerprint density at radius 1 is 1.36 bits per heavy atom. The van der Waals surface area contributed by atoms with E-state index < -0.39 is 0 Å². The molecule has 0 saturated carbocycles. The fraction of sp³-hybridized carbons (Fsp3) is 1.00. The molecule has 0 aromatic carbocycles. The van der Waals surface area contributed by atoms with Crippen molar-refractivity contribution < 1.29 is 4.74 Å². The van der Waals surface area contributed by atoms with E-state index in [4.69, 9.17) is 10.5 Å². The molecule has 0 aromatic rings. The summed E-state index contributed by atoms with van der Waals surface area (Å²) < 4.78 is 5.60. The van der Waals surface area contributed by atoms with Crippen molar-refractivity contribution in [2.75, 3.05) is 32.8 Å². The Bertz CT molecular complexity index is 129. The Morgan fingerprint density at radius 2 is 2.21 bits per heavy atom. The molecule has 3 heteroatoms. The summed E-state index contributed by atoms with van der Waals surface area (Å²) in [6.45, 7) is 7.30. The first-order valence-corrected chi connectivity index (χ1v) is 5.90. The van der Waals surface area contributed by atoms with Crippen LogP contribution in [-0.2, 0) is 4.74 Å². The van der Waals surface area contributed by atoms with Gasteiger partial charge in [-0.2, -0.15) is 0 Å². The first-order valence-electron chi connectivity index (χ1n) is 5.90. The van der Waals surface area contributed by atoms with Crippen molar-refractivity contribution >= 4 is 0 Å². The first kappa shape index (κ1) is 12.0. The minimum Gasteiger partial charge on any atom is -0.378 e. The van der Waals surface area contributed by atoms with Crippen LogP contribution in [0, 0.1) is 0 Å². The van der Waals surface area contributed by atoms with Gasteiger partial charge in [-0.15, -0.1) is 0 Å². The summed E-state index contributed by atoms with van der Waals surface area (Å²) in [5.74, 6) is 0. The van der Waals surface area contributed by atoms with Gasteiger partial charge in [0.05, 0.1) is 6.10 Å². The summed E-state index contributed by atoms with van der Waals surface area (Å²) in [6.07, 6.45) is 5.41. The SMILES string of the molecule is CCCN(CCN)CCC1CCCO1. The maximum absolute atomic E-state index is 5.60. The molecular formula is C11H24N2O. The summed E-state index contributed by atoms with van der Waals surface area (Å²) in [6, 6.07) is 0. The summed E-state index contributed by atoms with van der Waals surface area (Å²) in [5, 5.41) is 0. The molecule has 1 saturated heterocycles. The van der Waals surface area contributed by atoms with E-state index in [1.165, 1.54) is 32.2 Å². The normalized spacial score (nSPS) is 22.1. The van der Waals surface area contributed by atoms with Gasteiger partial charge in [-0.3, -0.25) is 0 Å². The topological polar surface area (TPSA) is 38.5 Å². The third-order valence-corrected chi connectivity index (χ3v) is 2.78. The quantitative estimate of drug-likeness (QED) is 0.671. The Kier molecular flexibility index (Phi) is 6.15. The minimum atomic E-state index is 0.520. The van der Waals surface area contributed by atoms with Crippen molar-refractivity contribution in [3.63, 3.8) is 0 Å². The van der Waals surface area contributed by atoms with Crippen LogP contribution in [-0.4, -0.2) is 43.8 Å².